The molecular weight excluding hydrogens is 372 g/mol. The second-order valence-corrected chi connectivity index (χ2v) is 9.85. The second-order valence-electron chi connectivity index (χ2n) is 9.85. The van der Waals surface area contributed by atoms with E-state index in [1.807, 2.05) is 0 Å². The van der Waals surface area contributed by atoms with Crippen LogP contribution in [0.15, 0.2) is 72.3 Å². The number of rotatable bonds is 3. The van der Waals surface area contributed by atoms with Gasteiger partial charge < -0.3 is 0 Å². The summed E-state index contributed by atoms with van der Waals surface area (Å²) < 4.78 is 0. The van der Waals surface area contributed by atoms with Gasteiger partial charge in [-0.05, 0) is 94.5 Å². The lowest BCUT2D eigenvalue weighted by molar-refractivity contribution is 0.599. The van der Waals surface area contributed by atoms with Crippen LogP contribution in [-0.4, -0.2) is 0 Å². The molecule has 0 aliphatic heterocycles. The maximum Gasteiger partial charge on any atom is -0.00668 e. The van der Waals surface area contributed by atoms with Crippen LogP contribution in [0, 0.1) is 5.92 Å². The fourth-order valence-electron chi connectivity index (χ4n) is 6.33. The van der Waals surface area contributed by atoms with Crippen LogP contribution in [0.5, 0.6) is 0 Å². The monoisotopic (exact) mass is 404 g/mol. The Bertz CT molecular complexity index is 1190. The van der Waals surface area contributed by atoms with Crippen molar-refractivity contribution in [2.24, 2.45) is 5.92 Å². The molecule has 0 saturated heterocycles. The Morgan fingerprint density at radius 1 is 0.871 bits per heavy atom. The number of aryl methyl sites for hydroxylation is 1. The molecule has 0 heterocycles. The van der Waals surface area contributed by atoms with E-state index in [9.17, 15) is 0 Å². The van der Waals surface area contributed by atoms with Crippen molar-refractivity contribution in [3.05, 3.63) is 89.0 Å². The minimum atomic E-state index is 0.731. The van der Waals surface area contributed by atoms with Crippen LogP contribution in [0.4, 0.5) is 0 Å². The molecule has 0 radical (unpaired) electrons. The highest BCUT2D eigenvalue weighted by molar-refractivity contribution is 6.03. The molecular formula is C31H32. The molecule has 31 heavy (non-hydrogen) atoms. The zero-order chi connectivity index (χ0) is 20.8. The van der Waals surface area contributed by atoms with Crippen LogP contribution in [0.25, 0.3) is 27.5 Å². The molecule has 0 heteroatoms. The molecule has 0 aromatic heterocycles. The third-order valence-corrected chi connectivity index (χ3v) is 8.07. The van der Waals surface area contributed by atoms with Gasteiger partial charge >= 0.3 is 0 Å². The first-order valence-electron chi connectivity index (χ1n) is 12.4. The van der Waals surface area contributed by atoms with Crippen LogP contribution in [0.3, 0.4) is 0 Å². The highest BCUT2D eigenvalue weighted by atomic mass is 14.3. The van der Waals surface area contributed by atoms with E-state index in [1.165, 1.54) is 84.4 Å². The molecule has 6 rings (SSSR count). The summed E-state index contributed by atoms with van der Waals surface area (Å²) >= 11 is 0. The highest BCUT2D eigenvalue weighted by Gasteiger charge is 2.26. The zero-order valence-electron chi connectivity index (χ0n) is 18.7. The SMILES string of the molecule is CCC1C=CC2=C(CCc3c2ccc2cc(C4CCCC4)cc(-c4ccccc4)c32)C1. The Labute approximate surface area is 186 Å². The van der Waals surface area contributed by atoms with Gasteiger partial charge in [0, 0.05) is 0 Å². The Hall–Kier alpha value is -2.60. The van der Waals surface area contributed by atoms with Gasteiger partial charge in [-0.25, -0.2) is 0 Å². The molecule has 0 nitrogen and oxygen atoms in total. The Morgan fingerprint density at radius 2 is 1.71 bits per heavy atom. The molecule has 3 aromatic carbocycles. The van der Waals surface area contributed by atoms with Crippen molar-refractivity contribution in [3.8, 4) is 11.1 Å². The Balaban J connectivity index is 1.57. The first-order chi connectivity index (χ1) is 15.3. The topological polar surface area (TPSA) is 0 Å². The number of allylic oxidation sites excluding steroid dienone is 4. The molecule has 1 fully saturated rings. The quantitative estimate of drug-likeness (QED) is 0.409. The number of fused-ring (bicyclic) bond motifs is 4. The lowest BCUT2D eigenvalue weighted by atomic mass is 9.75. The van der Waals surface area contributed by atoms with E-state index in [-0.39, 0.29) is 0 Å². The molecule has 3 aliphatic rings. The zero-order valence-corrected chi connectivity index (χ0v) is 18.7. The van der Waals surface area contributed by atoms with Crippen molar-refractivity contribution < 1.29 is 0 Å². The Morgan fingerprint density at radius 3 is 2.52 bits per heavy atom. The van der Waals surface area contributed by atoms with Gasteiger partial charge in [-0.2, -0.15) is 0 Å². The van der Waals surface area contributed by atoms with Crippen molar-refractivity contribution in [2.75, 3.05) is 0 Å². The molecule has 1 unspecified atom stereocenters. The first kappa shape index (κ1) is 19.1. The van der Waals surface area contributed by atoms with Crippen LogP contribution in [0.1, 0.15) is 74.5 Å². The Kier molecular flexibility index (Phi) is 4.82. The largest absolute Gasteiger partial charge is 0.0805 e. The molecule has 0 spiro atoms. The van der Waals surface area contributed by atoms with Gasteiger partial charge in [0.2, 0.25) is 0 Å². The summed E-state index contributed by atoms with van der Waals surface area (Å²) in [6.45, 7) is 2.32. The normalized spacial score (nSPS) is 20.9. The predicted molar refractivity (Wildman–Crippen MR) is 133 cm³/mol. The van der Waals surface area contributed by atoms with E-state index >= 15 is 0 Å². The van der Waals surface area contributed by atoms with E-state index in [1.54, 1.807) is 16.7 Å². The number of hydrogen-bond acceptors (Lipinski definition) is 0. The summed E-state index contributed by atoms with van der Waals surface area (Å²) in [6, 6.07) is 21.0. The van der Waals surface area contributed by atoms with Gasteiger partial charge in [-0.3, -0.25) is 0 Å². The summed E-state index contributed by atoms with van der Waals surface area (Å²) in [6.07, 6.45) is 15.3. The van der Waals surface area contributed by atoms with E-state index in [2.05, 4.69) is 73.7 Å². The lowest BCUT2D eigenvalue weighted by Crippen LogP contribution is -2.11. The fourth-order valence-corrected chi connectivity index (χ4v) is 6.33. The minimum Gasteiger partial charge on any atom is -0.0805 e. The van der Waals surface area contributed by atoms with E-state index < -0.39 is 0 Å². The number of hydrogen-bond donors (Lipinski definition) is 0. The van der Waals surface area contributed by atoms with Crippen LogP contribution < -0.4 is 0 Å². The second kappa shape index (κ2) is 7.83. The third-order valence-electron chi connectivity index (χ3n) is 8.07. The van der Waals surface area contributed by atoms with E-state index in [0.717, 1.165) is 11.8 Å². The highest BCUT2D eigenvalue weighted by Crippen LogP contribution is 2.45. The third kappa shape index (κ3) is 3.28. The number of benzene rings is 3. The average molecular weight is 405 g/mol. The smallest absolute Gasteiger partial charge is 0.00668 e. The molecule has 3 aromatic rings. The molecule has 0 amide bonds. The molecule has 1 atom stereocenters. The van der Waals surface area contributed by atoms with E-state index in [0.29, 0.717) is 0 Å². The average Bonchev–Trinajstić information content (AvgIpc) is 3.38. The molecule has 1 saturated carbocycles. The summed E-state index contributed by atoms with van der Waals surface area (Å²) in [5.74, 6) is 1.47. The predicted octanol–water partition coefficient (Wildman–Crippen LogP) is 8.85. The van der Waals surface area contributed by atoms with Crippen LogP contribution >= 0.6 is 0 Å². The summed E-state index contributed by atoms with van der Waals surface area (Å²) in [5.41, 5.74) is 10.6. The summed E-state index contributed by atoms with van der Waals surface area (Å²) in [4.78, 5) is 0. The molecule has 3 aliphatic carbocycles. The maximum absolute atomic E-state index is 2.54. The van der Waals surface area contributed by atoms with Gasteiger partial charge in [-0.15, -0.1) is 0 Å². The standard InChI is InChI=1S/C31H32/c1-2-21-12-15-27-24(18-21)13-17-29-28(27)16-14-25-19-26(22-8-6-7-9-22)20-30(31(25)29)23-10-4-3-5-11-23/h3-5,10-12,14-16,19-22H,2,6-9,13,17-18H2,1H3. The fraction of sp³-hybridized carbons (Fsp3) is 0.355. The maximum atomic E-state index is 2.54. The molecule has 0 N–H and O–H groups in total. The van der Waals surface area contributed by atoms with Crippen molar-refractivity contribution in [1.82, 2.24) is 0 Å². The summed E-state index contributed by atoms with van der Waals surface area (Å²) in [7, 11) is 0. The van der Waals surface area contributed by atoms with Gasteiger partial charge in [-0.1, -0.05) is 92.1 Å². The minimum absolute atomic E-state index is 0.731. The van der Waals surface area contributed by atoms with Crippen molar-refractivity contribution in [2.45, 2.75) is 64.2 Å². The van der Waals surface area contributed by atoms with E-state index in [4.69, 9.17) is 0 Å². The van der Waals surface area contributed by atoms with Crippen molar-refractivity contribution in [1.29, 1.82) is 0 Å². The summed E-state index contributed by atoms with van der Waals surface area (Å²) in [5, 5.41) is 2.94. The van der Waals surface area contributed by atoms with Crippen LogP contribution in [-0.2, 0) is 6.42 Å². The first-order valence-corrected chi connectivity index (χ1v) is 12.4. The van der Waals surface area contributed by atoms with Crippen molar-refractivity contribution in [3.63, 3.8) is 0 Å². The van der Waals surface area contributed by atoms with Gasteiger partial charge in [0.1, 0.15) is 0 Å². The van der Waals surface area contributed by atoms with Crippen molar-refractivity contribution >= 4 is 16.3 Å². The molecule has 156 valence electrons. The lowest BCUT2D eigenvalue weighted by Gasteiger charge is -2.29. The molecule has 0 bridgehead atoms. The van der Waals surface area contributed by atoms with Gasteiger partial charge in [0.15, 0.2) is 0 Å². The van der Waals surface area contributed by atoms with Gasteiger partial charge in [0.05, 0.1) is 0 Å². The van der Waals surface area contributed by atoms with Gasteiger partial charge in [0.25, 0.3) is 0 Å². The van der Waals surface area contributed by atoms with Crippen LogP contribution in [0.2, 0.25) is 0 Å².